The number of halogens is 2. The summed E-state index contributed by atoms with van der Waals surface area (Å²) in [4.78, 5) is 29.5. The number of carbonyl (C=O) groups excluding carboxylic acids is 2. The third-order valence-corrected chi connectivity index (χ3v) is 9.71. The molecule has 4 rings (SSSR count). The second-order valence-corrected chi connectivity index (χ2v) is 13.2. The summed E-state index contributed by atoms with van der Waals surface area (Å²) in [6, 6.07) is 17.9. The van der Waals surface area contributed by atoms with E-state index in [0.717, 1.165) is 9.87 Å². The first-order chi connectivity index (χ1) is 20.5. The highest BCUT2D eigenvalue weighted by atomic mass is 35.5. The summed E-state index contributed by atoms with van der Waals surface area (Å²) in [6.45, 7) is 4.81. The monoisotopic (exact) mass is 647 g/mol. The van der Waals surface area contributed by atoms with E-state index < -0.39 is 28.5 Å². The number of sulfonamides is 1. The minimum absolute atomic E-state index is 0.0116. The number of nitrogens with zero attached hydrogens (tertiary/aromatic N) is 2. The smallest absolute Gasteiger partial charge is 0.244 e. The van der Waals surface area contributed by atoms with E-state index in [9.17, 15) is 18.0 Å². The molecule has 1 aliphatic heterocycles. The van der Waals surface area contributed by atoms with Crippen molar-refractivity contribution >= 4 is 50.7 Å². The Morgan fingerprint density at radius 2 is 1.65 bits per heavy atom. The molecule has 1 aliphatic rings. The van der Waals surface area contributed by atoms with Crippen LogP contribution in [0.4, 0.5) is 5.69 Å². The minimum Gasteiger partial charge on any atom is -0.454 e. The Balaban J connectivity index is 1.76. The summed E-state index contributed by atoms with van der Waals surface area (Å²) in [5.74, 6) is -0.303. The number of ether oxygens (including phenoxy) is 2. The highest BCUT2D eigenvalue weighted by Crippen LogP contribution is 2.36. The van der Waals surface area contributed by atoms with Gasteiger partial charge in [0.15, 0.2) is 11.5 Å². The van der Waals surface area contributed by atoms with Gasteiger partial charge in [-0.3, -0.25) is 13.9 Å². The molecule has 0 spiro atoms. The van der Waals surface area contributed by atoms with Gasteiger partial charge >= 0.3 is 0 Å². The standard InChI is InChI=1S/C31H35Cl2N3O6S/c1-4-21(3)34-31(38)27(16-22-9-7-6-8-10-22)35(18-23-11-13-25(32)26(33)15-23)30(37)19-36(43(39,40)5-2)24-12-14-28-29(17-24)42-20-41-28/h6-15,17,21,27H,4-5,16,18-20H2,1-3H3,(H,34,38). The largest absolute Gasteiger partial charge is 0.454 e. The Kier molecular flexibility index (Phi) is 10.8. The summed E-state index contributed by atoms with van der Waals surface area (Å²) in [6.07, 6.45) is 0.901. The van der Waals surface area contributed by atoms with Crippen LogP contribution in [0.25, 0.3) is 0 Å². The van der Waals surface area contributed by atoms with Crippen molar-refractivity contribution in [2.24, 2.45) is 0 Å². The van der Waals surface area contributed by atoms with Crippen LogP contribution >= 0.6 is 23.2 Å². The van der Waals surface area contributed by atoms with Crippen molar-refractivity contribution in [1.82, 2.24) is 10.2 Å². The van der Waals surface area contributed by atoms with Crippen molar-refractivity contribution in [1.29, 1.82) is 0 Å². The number of anilines is 1. The molecular weight excluding hydrogens is 613 g/mol. The van der Waals surface area contributed by atoms with Gasteiger partial charge in [-0.25, -0.2) is 8.42 Å². The fraction of sp³-hybridized carbons (Fsp3) is 0.355. The second kappa shape index (κ2) is 14.3. The van der Waals surface area contributed by atoms with Crippen LogP contribution in [-0.2, 0) is 32.6 Å². The van der Waals surface area contributed by atoms with E-state index in [1.54, 1.807) is 30.3 Å². The van der Waals surface area contributed by atoms with Gasteiger partial charge in [-0.05, 0) is 55.7 Å². The molecule has 12 heteroatoms. The Morgan fingerprint density at radius 1 is 0.930 bits per heavy atom. The maximum Gasteiger partial charge on any atom is 0.244 e. The van der Waals surface area contributed by atoms with Crippen LogP contribution in [0.1, 0.15) is 38.3 Å². The topological polar surface area (TPSA) is 105 Å². The Morgan fingerprint density at radius 3 is 2.33 bits per heavy atom. The molecule has 43 heavy (non-hydrogen) atoms. The van der Waals surface area contributed by atoms with Crippen LogP contribution in [0, 0.1) is 0 Å². The van der Waals surface area contributed by atoms with Crippen molar-refractivity contribution in [3.63, 3.8) is 0 Å². The molecule has 3 aromatic carbocycles. The molecule has 2 unspecified atom stereocenters. The average molecular weight is 649 g/mol. The van der Waals surface area contributed by atoms with E-state index in [4.69, 9.17) is 32.7 Å². The van der Waals surface area contributed by atoms with E-state index in [1.807, 2.05) is 44.2 Å². The molecule has 0 radical (unpaired) electrons. The number of nitrogens with one attached hydrogen (secondary N) is 1. The first-order valence-electron chi connectivity index (χ1n) is 14.0. The number of fused-ring (bicyclic) bond motifs is 1. The zero-order valence-electron chi connectivity index (χ0n) is 24.3. The molecule has 1 N–H and O–H groups in total. The van der Waals surface area contributed by atoms with Crippen LogP contribution in [0.3, 0.4) is 0 Å². The molecule has 230 valence electrons. The van der Waals surface area contributed by atoms with Gasteiger partial charge in [0.2, 0.25) is 28.6 Å². The zero-order chi connectivity index (χ0) is 31.1. The number of carbonyl (C=O) groups is 2. The van der Waals surface area contributed by atoms with Crippen molar-refractivity contribution < 1.29 is 27.5 Å². The Bertz CT molecular complexity index is 1550. The third kappa shape index (κ3) is 8.13. The highest BCUT2D eigenvalue weighted by Gasteiger charge is 2.34. The van der Waals surface area contributed by atoms with Crippen molar-refractivity contribution in [3.05, 3.63) is 87.9 Å². The number of hydrogen-bond donors (Lipinski definition) is 1. The molecule has 0 saturated heterocycles. The fourth-order valence-corrected chi connectivity index (χ4v) is 5.96. The normalized spacial score (nSPS) is 13.7. The summed E-state index contributed by atoms with van der Waals surface area (Å²) in [7, 11) is -3.92. The first-order valence-corrected chi connectivity index (χ1v) is 16.4. The molecule has 9 nitrogen and oxygen atoms in total. The third-order valence-electron chi connectivity index (χ3n) is 7.23. The molecule has 0 fully saturated rings. The van der Waals surface area contributed by atoms with Crippen molar-refractivity contribution in [2.75, 3.05) is 23.4 Å². The van der Waals surface area contributed by atoms with Gasteiger partial charge in [0.05, 0.1) is 21.5 Å². The van der Waals surface area contributed by atoms with Crippen molar-refractivity contribution in [2.45, 2.75) is 52.2 Å². The van der Waals surface area contributed by atoms with E-state index in [0.29, 0.717) is 33.5 Å². The van der Waals surface area contributed by atoms with E-state index in [1.165, 1.54) is 17.9 Å². The number of benzene rings is 3. The Hall–Kier alpha value is -3.47. The van der Waals surface area contributed by atoms with Crippen LogP contribution in [0.5, 0.6) is 11.5 Å². The van der Waals surface area contributed by atoms with Crippen LogP contribution in [0.15, 0.2) is 66.7 Å². The SMILES string of the molecule is CCC(C)NC(=O)C(Cc1ccccc1)N(Cc1ccc(Cl)c(Cl)c1)C(=O)CN(c1ccc2c(c1)OCO2)S(=O)(=O)CC. The average Bonchev–Trinajstić information content (AvgIpc) is 3.47. The number of hydrogen-bond acceptors (Lipinski definition) is 6. The van der Waals surface area contributed by atoms with Crippen LogP contribution < -0.4 is 19.1 Å². The molecular formula is C31H35Cl2N3O6S. The molecule has 2 amide bonds. The first kappa shape index (κ1) is 32.4. The summed E-state index contributed by atoms with van der Waals surface area (Å²) in [5, 5.41) is 3.65. The number of rotatable bonds is 13. The van der Waals surface area contributed by atoms with Gasteiger partial charge in [-0.15, -0.1) is 0 Å². The van der Waals surface area contributed by atoms with E-state index in [2.05, 4.69) is 5.32 Å². The lowest BCUT2D eigenvalue weighted by molar-refractivity contribution is -0.140. The van der Waals surface area contributed by atoms with Gasteiger partial charge in [-0.1, -0.05) is 66.5 Å². The molecule has 1 heterocycles. The molecule has 0 saturated carbocycles. The number of amides is 2. The van der Waals surface area contributed by atoms with Gasteiger partial charge in [0, 0.05) is 25.1 Å². The van der Waals surface area contributed by atoms with Gasteiger partial charge < -0.3 is 19.7 Å². The molecule has 3 aromatic rings. The Labute approximate surface area is 262 Å². The molecule has 2 atom stereocenters. The summed E-state index contributed by atoms with van der Waals surface area (Å²) >= 11 is 12.4. The minimum atomic E-state index is -3.92. The predicted octanol–water partition coefficient (Wildman–Crippen LogP) is 5.43. The summed E-state index contributed by atoms with van der Waals surface area (Å²) in [5.41, 5.74) is 1.72. The molecule has 0 aromatic heterocycles. The van der Waals surface area contributed by atoms with Crippen LogP contribution in [-0.4, -0.2) is 56.3 Å². The molecule has 0 bridgehead atoms. The lowest BCUT2D eigenvalue weighted by atomic mass is 10.0. The fourth-order valence-electron chi connectivity index (χ4n) is 4.59. The predicted molar refractivity (Wildman–Crippen MR) is 168 cm³/mol. The quantitative estimate of drug-likeness (QED) is 0.265. The van der Waals surface area contributed by atoms with E-state index >= 15 is 0 Å². The zero-order valence-corrected chi connectivity index (χ0v) is 26.6. The van der Waals surface area contributed by atoms with Crippen LogP contribution in [0.2, 0.25) is 10.0 Å². The van der Waals surface area contributed by atoms with E-state index in [-0.39, 0.29) is 43.1 Å². The van der Waals surface area contributed by atoms with Gasteiger partial charge in [0.1, 0.15) is 12.6 Å². The maximum atomic E-state index is 14.3. The lowest BCUT2D eigenvalue weighted by Crippen LogP contribution is -2.54. The maximum absolute atomic E-state index is 14.3. The second-order valence-electron chi connectivity index (χ2n) is 10.2. The highest BCUT2D eigenvalue weighted by molar-refractivity contribution is 7.92. The summed E-state index contributed by atoms with van der Waals surface area (Å²) < 4.78 is 38.6. The van der Waals surface area contributed by atoms with Crippen molar-refractivity contribution in [3.8, 4) is 11.5 Å². The van der Waals surface area contributed by atoms with Gasteiger partial charge in [0.25, 0.3) is 0 Å². The lowest BCUT2D eigenvalue weighted by Gasteiger charge is -2.34. The molecule has 0 aliphatic carbocycles. The van der Waals surface area contributed by atoms with Gasteiger partial charge in [-0.2, -0.15) is 0 Å².